The van der Waals surface area contributed by atoms with Crippen LogP contribution in [0.5, 0.6) is 0 Å². The highest BCUT2D eigenvalue weighted by Gasteiger charge is 2.46. The number of nitrogens with one attached hydrogen (secondary N) is 1. The molecule has 104 valence electrons. The molecular weight excluding hydrogens is 257 g/mol. The minimum Gasteiger partial charge on any atom is -0.288 e. The molecule has 2 rings (SSSR count). The summed E-state index contributed by atoms with van der Waals surface area (Å²) >= 11 is 0. The summed E-state index contributed by atoms with van der Waals surface area (Å²) in [5, 5.41) is 0.962. The SMILES string of the molecule is CCc1ccc([C@H](N2CCC(=O)N2)C(F)(F)F)cc1. The maximum atomic E-state index is 13.2. The van der Waals surface area contributed by atoms with Gasteiger partial charge in [-0.05, 0) is 17.5 Å². The Bertz CT molecular complexity index is 456. The number of hydrogen-bond acceptors (Lipinski definition) is 2. The van der Waals surface area contributed by atoms with Crippen molar-refractivity contribution in [2.45, 2.75) is 32.0 Å². The first-order valence-corrected chi connectivity index (χ1v) is 6.13. The van der Waals surface area contributed by atoms with E-state index in [-0.39, 0.29) is 24.4 Å². The predicted octanol–water partition coefficient (Wildman–Crippen LogP) is 2.59. The summed E-state index contributed by atoms with van der Waals surface area (Å²) in [6, 6.07) is 4.53. The van der Waals surface area contributed by atoms with Gasteiger partial charge in [0.2, 0.25) is 5.91 Å². The minimum absolute atomic E-state index is 0.0680. The standard InChI is InChI=1S/C13H15F3N2O/c1-2-9-3-5-10(6-4-9)12(13(14,15)16)18-8-7-11(19)17-18/h3-6,12H,2,7-8H2,1H3,(H,17,19)/t12-/m0/s1. The number of hydrazine groups is 1. The lowest BCUT2D eigenvalue weighted by Gasteiger charge is -2.29. The van der Waals surface area contributed by atoms with Crippen molar-refractivity contribution in [1.82, 2.24) is 10.4 Å². The first kappa shape index (κ1) is 13.9. The number of aryl methyl sites for hydroxylation is 1. The fourth-order valence-electron chi connectivity index (χ4n) is 2.17. The number of nitrogens with zero attached hydrogens (tertiary/aromatic N) is 1. The second-order valence-corrected chi connectivity index (χ2v) is 4.52. The maximum absolute atomic E-state index is 13.2. The largest absolute Gasteiger partial charge is 0.409 e. The molecule has 19 heavy (non-hydrogen) atoms. The van der Waals surface area contributed by atoms with E-state index in [1.807, 2.05) is 6.92 Å². The summed E-state index contributed by atoms with van der Waals surface area (Å²) in [5.74, 6) is -0.376. The summed E-state index contributed by atoms with van der Waals surface area (Å²) in [4.78, 5) is 11.1. The van der Waals surface area contributed by atoms with Gasteiger partial charge in [0.1, 0.15) is 6.04 Å². The van der Waals surface area contributed by atoms with Crippen LogP contribution in [0.25, 0.3) is 0 Å². The smallest absolute Gasteiger partial charge is 0.288 e. The lowest BCUT2D eigenvalue weighted by atomic mass is 10.0. The molecule has 1 amide bonds. The van der Waals surface area contributed by atoms with E-state index in [4.69, 9.17) is 0 Å². The quantitative estimate of drug-likeness (QED) is 0.917. The summed E-state index contributed by atoms with van der Waals surface area (Å²) in [7, 11) is 0. The van der Waals surface area contributed by atoms with Gasteiger partial charge in [0, 0.05) is 13.0 Å². The number of carbonyl (C=O) groups is 1. The van der Waals surface area contributed by atoms with Crippen molar-refractivity contribution in [3.05, 3.63) is 35.4 Å². The lowest BCUT2D eigenvalue weighted by Crippen LogP contribution is -2.43. The number of hydrogen-bond donors (Lipinski definition) is 1. The molecule has 3 nitrogen and oxygen atoms in total. The van der Waals surface area contributed by atoms with Gasteiger partial charge in [-0.15, -0.1) is 0 Å². The Kier molecular flexibility index (Phi) is 3.80. The number of amides is 1. The second-order valence-electron chi connectivity index (χ2n) is 4.52. The van der Waals surface area contributed by atoms with E-state index < -0.39 is 12.2 Å². The average Bonchev–Trinajstić information content (AvgIpc) is 2.75. The highest BCUT2D eigenvalue weighted by atomic mass is 19.4. The second kappa shape index (κ2) is 5.21. The van der Waals surface area contributed by atoms with Crippen LogP contribution in [0.15, 0.2) is 24.3 Å². The third-order valence-corrected chi connectivity index (χ3v) is 3.17. The van der Waals surface area contributed by atoms with Crippen LogP contribution < -0.4 is 5.43 Å². The van der Waals surface area contributed by atoms with E-state index in [2.05, 4.69) is 5.43 Å². The van der Waals surface area contributed by atoms with Crippen LogP contribution in [0.3, 0.4) is 0 Å². The average molecular weight is 272 g/mol. The van der Waals surface area contributed by atoms with Gasteiger partial charge in [-0.25, -0.2) is 5.01 Å². The number of alkyl halides is 3. The van der Waals surface area contributed by atoms with Gasteiger partial charge in [-0.2, -0.15) is 13.2 Å². The third-order valence-electron chi connectivity index (χ3n) is 3.17. The summed E-state index contributed by atoms with van der Waals surface area (Å²) in [5.41, 5.74) is 3.39. The van der Waals surface area contributed by atoms with Gasteiger partial charge >= 0.3 is 6.18 Å². The monoisotopic (exact) mass is 272 g/mol. The van der Waals surface area contributed by atoms with Crippen LogP contribution in [0.1, 0.15) is 30.5 Å². The lowest BCUT2D eigenvalue weighted by molar-refractivity contribution is -0.191. The number of carbonyl (C=O) groups excluding carboxylic acids is 1. The molecular formula is C13H15F3N2O. The molecule has 0 spiro atoms. The van der Waals surface area contributed by atoms with Crippen LogP contribution in [0.4, 0.5) is 13.2 Å². The van der Waals surface area contributed by atoms with Crippen LogP contribution in [0.2, 0.25) is 0 Å². The van der Waals surface area contributed by atoms with E-state index in [0.717, 1.165) is 17.0 Å². The molecule has 6 heteroatoms. The van der Waals surface area contributed by atoms with E-state index in [1.54, 1.807) is 12.1 Å². The van der Waals surface area contributed by atoms with Crippen molar-refractivity contribution in [2.24, 2.45) is 0 Å². The van der Waals surface area contributed by atoms with E-state index in [9.17, 15) is 18.0 Å². The van der Waals surface area contributed by atoms with E-state index >= 15 is 0 Å². The maximum Gasteiger partial charge on any atom is 0.409 e. The highest BCUT2D eigenvalue weighted by molar-refractivity contribution is 5.77. The van der Waals surface area contributed by atoms with Crippen molar-refractivity contribution in [2.75, 3.05) is 6.54 Å². The van der Waals surface area contributed by atoms with Gasteiger partial charge in [0.05, 0.1) is 0 Å². The Morgan fingerprint density at radius 3 is 2.37 bits per heavy atom. The molecule has 0 aliphatic carbocycles. The fourth-order valence-corrected chi connectivity index (χ4v) is 2.17. The van der Waals surface area contributed by atoms with Crippen molar-refractivity contribution in [3.8, 4) is 0 Å². The molecule has 0 saturated carbocycles. The molecule has 0 unspecified atom stereocenters. The fraction of sp³-hybridized carbons (Fsp3) is 0.462. The van der Waals surface area contributed by atoms with Gasteiger partial charge < -0.3 is 0 Å². The zero-order valence-electron chi connectivity index (χ0n) is 10.5. The topological polar surface area (TPSA) is 32.3 Å². The Labute approximate surface area is 109 Å². The van der Waals surface area contributed by atoms with Crippen LogP contribution in [-0.2, 0) is 11.2 Å². The molecule has 1 fully saturated rings. The Hall–Kier alpha value is -1.56. The van der Waals surface area contributed by atoms with Crippen molar-refractivity contribution < 1.29 is 18.0 Å². The predicted molar refractivity (Wildman–Crippen MR) is 64.1 cm³/mol. The Morgan fingerprint density at radius 2 is 1.95 bits per heavy atom. The molecule has 1 aromatic carbocycles. The summed E-state index contributed by atoms with van der Waals surface area (Å²) in [6.07, 6.45) is -3.55. The molecule has 0 radical (unpaired) electrons. The molecule has 1 N–H and O–H groups in total. The number of benzene rings is 1. The van der Waals surface area contributed by atoms with Crippen LogP contribution in [0, 0.1) is 0 Å². The van der Waals surface area contributed by atoms with Gasteiger partial charge in [0.25, 0.3) is 0 Å². The van der Waals surface area contributed by atoms with Crippen LogP contribution in [-0.4, -0.2) is 23.6 Å². The molecule has 1 aliphatic rings. The summed E-state index contributed by atoms with van der Waals surface area (Å²) in [6.45, 7) is 2.01. The Balaban J connectivity index is 2.29. The molecule has 1 heterocycles. The molecule has 1 atom stereocenters. The molecule has 0 aromatic heterocycles. The first-order chi connectivity index (χ1) is 8.91. The van der Waals surface area contributed by atoms with Crippen molar-refractivity contribution in [3.63, 3.8) is 0 Å². The van der Waals surface area contributed by atoms with Crippen molar-refractivity contribution in [1.29, 1.82) is 0 Å². The summed E-state index contributed by atoms with van der Waals surface area (Å²) < 4.78 is 39.5. The number of rotatable bonds is 3. The van der Waals surface area contributed by atoms with Gasteiger partial charge in [-0.3, -0.25) is 10.2 Å². The normalized spacial score (nSPS) is 18.4. The minimum atomic E-state index is -4.43. The van der Waals surface area contributed by atoms with Crippen LogP contribution >= 0.6 is 0 Å². The number of halogens is 3. The first-order valence-electron chi connectivity index (χ1n) is 6.13. The molecule has 1 saturated heterocycles. The van der Waals surface area contributed by atoms with Crippen molar-refractivity contribution >= 4 is 5.91 Å². The third kappa shape index (κ3) is 3.07. The van der Waals surface area contributed by atoms with E-state index in [1.165, 1.54) is 12.1 Å². The van der Waals surface area contributed by atoms with E-state index in [0.29, 0.717) is 0 Å². The molecule has 1 aliphatic heterocycles. The highest BCUT2D eigenvalue weighted by Crippen LogP contribution is 2.37. The Morgan fingerprint density at radius 1 is 1.32 bits per heavy atom. The van der Waals surface area contributed by atoms with Gasteiger partial charge in [-0.1, -0.05) is 31.2 Å². The zero-order chi connectivity index (χ0) is 14.0. The molecule has 0 bridgehead atoms. The molecule has 1 aromatic rings. The van der Waals surface area contributed by atoms with Gasteiger partial charge in [0.15, 0.2) is 0 Å². The zero-order valence-corrected chi connectivity index (χ0v) is 10.5.